The van der Waals surface area contributed by atoms with Crippen molar-refractivity contribution in [2.45, 2.75) is 13.8 Å². The van der Waals surface area contributed by atoms with Crippen LogP contribution in [0.1, 0.15) is 16.9 Å². The fourth-order valence-electron chi connectivity index (χ4n) is 3.72. The Morgan fingerprint density at radius 1 is 0.912 bits per heavy atom. The van der Waals surface area contributed by atoms with E-state index in [0.717, 1.165) is 28.1 Å². The summed E-state index contributed by atoms with van der Waals surface area (Å²) >= 11 is 7.46. The fraction of sp³-hybridized carbons (Fsp3) is 0.0714. The van der Waals surface area contributed by atoms with E-state index in [-0.39, 0.29) is 5.91 Å². The highest BCUT2D eigenvalue weighted by molar-refractivity contribution is 8.19. The zero-order valence-corrected chi connectivity index (χ0v) is 20.2. The molecule has 0 unspecified atom stereocenters. The van der Waals surface area contributed by atoms with Crippen molar-refractivity contribution in [3.8, 4) is 11.3 Å². The molecule has 3 aromatic carbocycles. The second-order valence-electron chi connectivity index (χ2n) is 7.93. The number of anilines is 1. The van der Waals surface area contributed by atoms with Crippen molar-refractivity contribution in [2.24, 2.45) is 4.99 Å². The van der Waals surface area contributed by atoms with Crippen molar-refractivity contribution in [2.75, 3.05) is 4.90 Å². The predicted molar refractivity (Wildman–Crippen MR) is 142 cm³/mol. The Morgan fingerprint density at radius 2 is 1.68 bits per heavy atom. The van der Waals surface area contributed by atoms with Crippen molar-refractivity contribution in [1.82, 2.24) is 0 Å². The highest BCUT2D eigenvalue weighted by Crippen LogP contribution is 2.39. The minimum atomic E-state index is -0.132. The minimum absolute atomic E-state index is 0.132. The van der Waals surface area contributed by atoms with Gasteiger partial charge in [-0.1, -0.05) is 60.1 Å². The maximum Gasteiger partial charge on any atom is 0.271 e. The van der Waals surface area contributed by atoms with Crippen LogP contribution in [-0.4, -0.2) is 11.1 Å². The third-order valence-electron chi connectivity index (χ3n) is 5.50. The molecule has 1 aliphatic rings. The van der Waals surface area contributed by atoms with Crippen LogP contribution in [0.2, 0.25) is 5.02 Å². The number of amidine groups is 1. The summed E-state index contributed by atoms with van der Waals surface area (Å²) in [5.41, 5.74) is 4.57. The molecule has 1 aromatic heterocycles. The number of rotatable bonds is 4. The molecular weight excluding hydrogens is 464 g/mol. The van der Waals surface area contributed by atoms with Gasteiger partial charge in [-0.3, -0.25) is 9.69 Å². The lowest BCUT2D eigenvalue weighted by molar-refractivity contribution is -0.113. The lowest BCUT2D eigenvalue weighted by Crippen LogP contribution is -2.29. The summed E-state index contributed by atoms with van der Waals surface area (Å²) in [4.78, 5) is 20.7. The number of aliphatic imine (C=N–C) groups is 1. The lowest BCUT2D eigenvalue weighted by Gasteiger charge is -2.18. The van der Waals surface area contributed by atoms with Crippen LogP contribution in [-0.2, 0) is 4.79 Å². The monoisotopic (exact) mass is 484 g/mol. The average molecular weight is 485 g/mol. The van der Waals surface area contributed by atoms with Crippen molar-refractivity contribution in [3.05, 3.63) is 112 Å². The second kappa shape index (κ2) is 9.37. The average Bonchev–Trinajstić information content (AvgIpc) is 3.41. The van der Waals surface area contributed by atoms with Gasteiger partial charge in [0.1, 0.15) is 11.5 Å². The van der Waals surface area contributed by atoms with Gasteiger partial charge in [0.15, 0.2) is 5.17 Å². The Kier molecular flexibility index (Phi) is 6.14. The van der Waals surface area contributed by atoms with E-state index in [1.54, 1.807) is 11.0 Å². The largest absolute Gasteiger partial charge is 0.457 e. The summed E-state index contributed by atoms with van der Waals surface area (Å²) < 4.78 is 6.01. The van der Waals surface area contributed by atoms with E-state index < -0.39 is 0 Å². The molecule has 2 heterocycles. The normalized spacial score (nSPS) is 16.1. The molecule has 34 heavy (non-hydrogen) atoms. The number of benzene rings is 3. The van der Waals surface area contributed by atoms with Crippen LogP contribution in [0.3, 0.4) is 0 Å². The number of halogens is 1. The van der Waals surface area contributed by atoms with Gasteiger partial charge in [0.05, 0.1) is 16.3 Å². The lowest BCUT2D eigenvalue weighted by atomic mass is 10.2. The van der Waals surface area contributed by atoms with E-state index in [0.29, 0.717) is 26.6 Å². The molecule has 1 aliphatic heterocycles. The molecule has 5 rings (SSSR count). The Balaban J connectivity index is 1.54. The second-order valence-corrected chi connectivity index (χ2v) is 9.38. The number of hydrogen-bond acceptors (Lipinski definition) is 4. The van der Waals surface area contributed by atoms with Gasteiger partial charge in [0, 0.05) is 16.7 Å². The number of thioether (sulfide) groups is 1. The van der Waals surface area contributed by atoms with Crippen molar-refractivity contribution in [1.29, 1.82) is 0 Å². The first-order valence-corrected chi connectivity index (χ1v) is 12.0. The fourth-order valence-corrected chi connectivity index (χ4v) is 4.88. The van der Waals surface area contributed by atoms with Gasteiger partial charge >= 0.3 is 0 Å². The molecule has 0 aliphatic carbocycles. The van der Waals surface area contributed by atoms with Gasteiger partial charge < -0.3 is 4.42 Å². The number of furan rings is 1. The quantitative estimate of drug-likeness (QED) is 0.275. The maximum atomic E-state index is 13.6. The smallest absolute Gasteiger partial charge is 0.271 e. The van der Waals surface area contributed by atoms with Gasteiger partial charge in [-0.15, -0.1) is 0 Å². The molecule has 0 saturated carbocycles. The summed E-state index contributed by atoms with van der Waals surface area (Å²) in [7, 11) is 0. The molecule has 4 aromatic rings. The van der Waals surface area contributed by atoms with Crippen LogP contribution in [0.15, 0.2) is 99.2 Å². The highest BCUT2D eigenvalue weighted by Gasteiger charge is 2.35. The molecule has 0 spiro atoms. The summed E-state index contributed by atoms with van der Waals surface area (Å²) in [6.07, 6.45) is 1.77. The van der Waals surface area contributed by atoms with Gasteiger partial charge in [-0.25, -0.2) is 4.99 Å². The Morgan fingerprint density at radius 3 is 2.44 bits per heavy atom. The SMILES string of the molecule is Cc1ccccc1N=C1S/C(=C\c2ccc(-c3cccc(Cl)c3)o2)C(=O)N1c1ccccc1C. The Hall–Kier alpha value is -3.54. The van der Waals surface area contributed by atoms with Crippen LogP contribution >= 0.6 is 23.4 Å². The molecule has 1 fully saturated rings. The van der Waals surface area contributed by atoms with E-state index in [4.69, 9.17) is 21.0 Å². The van der Waals surface area contributed by atoms with Crippen LogP contribution in [0, 0.1) is 13.8 Å². The molecule has 0 bridgehead atoms. The first kappa shape index (κ1) is 22.3. The molecule has 0 radical (unpaired) electrons. The summed E-state index contributed by atoms with van der Waals surface area (Å²) in [6.45, 7) is 4.00. The van der Waals surface area contributed by atoms with Crippen LogP contribution in [0.25, 0.3) is 17.4 Å². The van der Waals surface area contributed by atoms with Crippen molar-refractivity contribution in [3.63, 3.8) is 0 Å². The number of hydrogen-bond donors (Lipinski definition) is 0. The molecule has 168 valence electrons. The number of carbonyl (C=O) groups excluding carboxylic acids is 1. The number of carbonyl (C=O) groups is 1. The van der Waals surface area contributed by atoms with E-state index >= 15 is 0 Å². The first-order valence-electron chi connectivity index (χ1n) is 10.8. The molecule has 0 N–H and O–H groups in total. The van der Waals surface area contributed by atoms with E-state index in [2.05, 4.69) is 0 Å². The first-order chi connectivity index (χ1) is 16.5. The molecule has 4 nitrogen and oxygen atoms in total. The van der Waals surface area contributed by atoms with Crippen LogP contribution < -0.4 is 4.90 Å². The molecule has 1 saturated heterocycles. The van der Waals surface area contributed by atoms with E-state index in [1.807, 2.05) is 98.8 Å². The zero-order valence-electron chi connectivity index (χ0n) is 18.7. The van der Waals surface area contributed by atoms with E-state index in [1.165, 1.54) is 11.8 Å². The zero-order chi connectivity index (χ0) is 23.7. The summed E-state index contributed by atoms with van der Waals surface area (Å²) in [5, 5.41) is 1.25. The number of para-hydroxylation sites is 2. The van der Waals surface area contributed by atoms with E-state index in [9.17, 15) is 4.79 Å². The molecule has 1 amide bonds. The van der Waals surface area contributed by atoms with Crippen molar-refractivity contribution < 1.29 is 9.21 Å². The van der Waals surface area contributed by atoms with Gasteiger partial charge in [0.25, 0.3) is 5.91 Å². The summed E-state index contributed by atoms with van der Waals surface area (Å²) in [5.74, 6) is 1.15. The Bertz CT molecular complexity index is 1450. The van der Waals surface area contributed by atoms with Crippen LogP contribution in [0.4, 0.5) is 11.4 Å². The van der Waals surface area contributed by atoms with Crippen LogP contribution in [0.5, 0.6) is 0 Å². The Labute approximate surface area is 207 Å². The topological polar surface area (TPSA) is 45.8 Å². The minimum Gasteiger partial charge on any atom is -0.457 e. The van der Waals surface area contributed by atoms with Crippen molar-refractivity contribution >= 4 is 51.9 Å². The third-order valence-corrected chi connectivity index (χ3v) is 6.71. The van der Waals surface area contributed by atoms with Gasteiger partial charge in [0.2, 0.25) is 0 Å². The highest BCUT2D eigenvalue weighted by atomic mass is 35.5. The standard InChI is InChI=1S/C28H21ClN2O2S/c1-18-8-3-5-12-23(18)30-28-31(24-13-6-4-9-19(24)2)27(32)26(34-28)17-22-14-15-25(33-22)20-10-7-11-21(29)16-20/h3-17H,1-2H3/b26-17-,30-28?. The number of nitrogens with zero attached hydrogens (tertiary/aromatic N) is 2. The predicted octanol–water partition coefficient (Wildman–Crippen LogP) is 8.03. The maximum absolute atomic E-state index is 13.6. The number of aryl methyl sites for hydroxylation is 2. The molecule has 0 atom stereocenters. The number of amides is 1. The van der Waals surface area contributed by atoms with Gasteiger partial charge in [-0.05, 0) is 73.1 Å². The summed E-state index contributed by atoms with van der Waals surface area (Å²) in [6, 6.07) is 26.9. The van der Waals surface area contributed by atoms with Gasteiger partial charge in [-0.2, -0.15) is 0 Å². The molecular formula is C28H21ClN2O2S. The molecule has 6 heteroatoms. The third kappa shape index (κ3) is 4.45.